The fourth-order valence-electron chi connectivity index (χ4n) is 1.52. The first-order valence-electron chi connectivity index (χ1n) is 5.71. The Morgan fingerprint density at radius 3 is 2.84 bits per heavy atom. The molecule has 0 spiro atoms. The van der Waals surface area contributed by atoms with Gasteiger partial charge in [0.15, 0.2) is 11.6 Å². The third kappa shape index (κ3) is 3.16. The molecule has 2 rings (SSSR count). The molecule has 0 fully saturated rings. The predicted octanol–water partition coefficient (Wildman–Crippen LogP) is 3.06. The van der Waals surface area contributed by atoms with Crippen LogP contribution in [0.15, 0.2) is 21.1 Å². The van der Waals surface area contributed by atoms with Crippen LogP contribution >= 0.6 is 15.9 Å². The first-order chi connectivity index (χ1) is 8.99. The Balaban J connectivity index is 2.26. The van der Waals surface area contributed by atoms with Crippen LogP contribution in [0.1, 0.15) is 19.2 Å². The molecule has 1 aromatic heterocycles. The summed E-state index contributed by atoms with van der Waals surface area (Å²) in [4.78, 5) is 4.13. The van der Waals surface area contributed by atoms with Gasteiger partial charge in [-0.05, 0) is 41.4 Å². The van der Waals surface area contributed by atoms with E-state index in [1.165, 1.54) is 6.07 Å². The Morgan fingerprint density at radius 1 is 1.42 bits per heavy atom. The fraction of sp³-hybridized carbons (Fsp3) is 0.333. The monoisotopic (exact) mass is 331 g/mol. The molecule has 19 heavy (non-hydrogen) atoms. The highest BCUT2D eigenvalue weighted by Gasteiger charge is 2.17. The fourth-order valence-corrected chi connectivity index (χ4v) is 2.01. The highest BCUT2D eigenvalue weighted by Crippen LogP contribution is 2.29. The summed E-state index contributed by atoms with van der Waals surface area (Å²) in [7, 11) is 0. The van der Waals surface area contributed by atoms with Crippen LogP contribution in [0, 0.1) is 11.6 Å². The summed E-state index contributed by atoms with van der Waals surface area (Å²) >= 11 is 2.98. The molecule has 102 valence electrons. The van der Waals surface area contributed by atoms with Gasteiger partial charge >= 0.3 is 0 Å². The van der Waals surface area contributed by atoms with E-state index in [-0.39, 0.29) is 16.3 Å². The molecule has 0 radical (unpaired) electrons. The second kappa shape index (κ2) is 5.75. The Morgan fingerprint density at radius 2 is 2.16 bits per heavy atom. The lowest BCUT2D eigenvalue weighted by atomic mass is 10.2. The van der Waals surface area contributed by atoms with E-state index >= 15 is 0 Å². The molecule has 1 heterocycles. The normalized spacial score (nSPS) is 12.7. The summed E-state index contributed by atoms with van der Waals surface area (Å²) < 4.78 is 31.4. The zero-order valence-electron chi connectivity index (χ0n) is 10.2. The first-order valence-corrected chi connectivity index (χ1v) is 6.50. The van der Waals surface area contributed by atoms with Gasteiger partial charge in [-0.25, -0.2) is 8.78 Å². The highest BCUT2D eigenvalue weighted by atomic mass is 79.9. The summed E-state index contributed by atoms with van der Waals surface area (Å²) in [6, 6.07) is 2.45. The summed E-state index contributed by atoms with van der Waals surface area (Å²) in [5, 5.41) is 3.75. The van der Waals surface area contributed by atoms with Crippen molar-refractivity contribution >= 4 is 15.9 Å². The molecular formula is C12H12BrF2N3O. The van der Waals surface area contributed by atoms with E-state index in [1.54, 1.807) is 0 Å². The zero-order valence-corrected chi connectivity index (χ0v) is 11.7. The summed E-state index contributed by atoms with van der Waals surface area (Å²) in [6.07, 6.45) is 1.26. The third-order valence-corrected chi connectivity index (χ3v) is 3.33. The van der Waals surface area contributed by atoms with Crippen LogP contribution in [-0.2, 0) is 6.42 Å². The number of benzene rings is 1. The van der Waals surface area contributed by atoms with Crippen LogP contribution in [0.3, 0.4) is 0 Å². The van der Waals surface area contributed by atoms with Crippen LogP contribution < -0.4 is 5.73 Å². The van der Waals surface area contributed by atoms with E-state index < -0.39 is 11.6 Å². The zero-order chi connectivity index (χ0) is 14.0. The van der Waals surface area contributed by atoms with Crippen LogP contribution in [0.25, 0.3) is 11.4 Å². The second-order valence-corrected chi connectivity index (χ2v) is 5.04. The molecule has 7 heteroatoms. The Kier molecular flexibility index (Phi) is 4.26. The molecule has 0 aliphatic rings. The van der Waals surface area contributed by atoms with E-state index in [9.17, 15) is 8.78 Å². The standard InChI is InChI=1S/C12H12BrF2N3O/c1-6(16)2-5-9-17-12(18-19-9)7-3-4-8(14)11(15)10(7)13/h3-4,6H,2,5,16H2,1H3. The van der Waals surface area contributed by atoms with E-state index in [1.807, 2.05) is 6.92 Å². The van der Waals surface area contributed by atoms with E-state index in [0.717, 1.165) is 6.07 Å². The lowest BCUT2D eigenvalue weighted by Crippen LogP contribution is -2.15. The van der Waals surface area contributed by atoms with Gasteiger partial charge in [0.2, 0.25) is 11.7 Å². The summed E-state index contributed by atoms with van der Waals surface area (Å²) in [5.74, 6) is -1.27. The largest absolute Gasteiger partial charge is 0.339 e. The number of nitrogens with zero attached hydrogens (tertiary/aromatic N) is 2. The maximum atomic E-state index is 13.4. The number of hydrogen-bond acceptors (Lipinski definition) is 4. The van der Waals surface area contributed by atoms with Gasteiger partial charge in [-0.1, -0.05) is 5.16 Å². The van der Waals surface area contributed by atoms with Gasteiger partial charge in [0.1, 0.15) is 0 Å². The van der Waals surface area contributed by atoms with E-state index in [4.69, 9.17) is 10.3 Å². The Bertz CT molecular complexity index is 586. The minimum absolute atomic E-state index is 0.0213. The Labute approximate surface area is 117 Å². The van der Waals surface area contributed by atoms with Crippen molar-refractivity contribution in [3.05, 3.63) is 34.1 Å². The van der Waals surface area contributed by atoms with Gasteiger partial charge < -0.3 is 10.3 Å². The smallest absolute Gasteiger partial charge is 0.227 e. The molecule has 0 aliphatic carbocycles. The Hall–Kier alpha value is -1.34. The van der Waals surface area contributed by atoms with Gasteiger partial charge in [0.25, 0.3) is 0 Å². The van der Waals surface area contributed by atoms with Gasteiger partial charge in [0, 0.05) is 18.0 Å². The van der Waals surface area contributed by atoms with Crippen LogP contribution in [0.2, 0.25) is 0 Å². The maximum absolute atomic E-state index is 13.4. The number of halogens is 3. The number of nitrogens with two attached hydrogens (primary N) is 1. The molecule has 4 nitrogen and oxygen atoms in total. The molecule has 0 saturated carbocycles. The van der Waals surface area contributed by atoms with Crippen LogP contribution in [0.5, 0.6) is 0 Å². The minimum atomic E-state index is -0.973. The van der Waals surface area contributed by atoms with Crippen molar-refractivity contribution in [1.82, 2.24) is 10.1 Å². The lowest BCUT2D eigenvalue weighted by molar-refractivity contribution is 0.372. The number of hydrogen-bond donors (Lipinski definition) is 1. The second-order valence-electron chi connectivity index (χ2n) is 4.25. The predicted molar refractivity (Wildman–Crippen MR) is 69.3 cm³/mol. The number of aromatic nitrogens is 2. The van der Waals surface area contributed by atoms with Crippen molar-refractivity contribution in [2.45, 2.75) is 25.8 Å². The molecule has 2 aromatic rings. The molecule has 1 atom stereocenters. The lowest BCUT2D eigenvalue weighted by Gasteiger charge is -2.01. The SMILES string of the molecule is CC(N)CCc1nc(-c2ccc(F)c(F)c2Br)no1. The number of rotatable bonds is 4. The molecular weight excluding hydrogens is 320 g/mol. The van der Waals surface area contributed by atoms with Gasteiger partial charge in [-0.2, -0.15) is 4.98 Å². The van der Waals surface area contributed by atoms with Crippen molar-refractivity contribution in [2.75, 3.05) is 0 Å². The van der Waals surface area contributed by atoms with Crippen molar-refractivity contribution in [3.8, 4) is 11.4 Å². The van der Waals surface area contributed by atoms with Gasteiger partial charge in [-0.3, -0.25) is 0 Å². The topological polar surface area (TPSA) is 64.9 Å². The van der Waals surface area contributed by atoms with Gasteiger partial charge in [0.05, 0.1) is 4.47 Å². The third-order valence-electron chi connectivity index (χ3n) is 2.56. The van der Waals surface area contributed by atoms with Crippen molar-refractivity contribution < 1.29 is 13.3 Å². The molecule has 1 unspecified atom stereocenters. The highest BCUT2D eigenvalue weighted by molar-refractivity contribution is 9.10. The van der Waals surface area contributed by atoms with Crippen molar-refractivity contribution in [2.24, 2.45) is 5.73 Å². The number of aryl methyl sites for hydroxylation is 1. The van der Waals surface area contributed by atoms with Crippen LogP contribution in [0.4, 0.5) is 8.78 Å². The summed E-state index contributed by atoms with van der Waals surface area (Å²) in [5.41, 5.74) is 5.97. The maximum Gasteiger partial charge on any atom is 0.227 e. The quantitative estimate of drug-likeness (QED) is 0.874. The molecule has 0 amide bonds. The van der Waals surface area contributed by atoms with E-state index in [2.05, 4.69) is 26.1 Å². The summed E-state index contributed by atoms with van der Waals surface area (Å²) in [6.45, 7) is 1.88. The molecule has 0 aliphatic heterocycles. The van der Waals surface area contributed by atoms with Crippen molar-refractivity contribution in [1.29, 1.82) is 0 Å². The van der Waals surface area contributed by atoms with E-state index in [0.29, 0.717) is 24.3 Å². The molecule has 0 bridgehead atoms. The van der Waals surface area contributed by atoms with Crippen LogP contribution in [-0.4, -0.2) is 16.2 Å². The first kappa shape index (κ1) is 14.1. The molecule has 0 saturated heterocycles. The minimum Gasteiger partial charge on any atom is -0.339 e. The van der Waals surface area contributed by atoms with Crippen molar-refractivity contribution in [3.63, 3.8) is 0 Å². The average molecular weight is 332 g/mol. The van der Waals surface area contributed by atoms with Gasteiger partial charge in [-0.15, -0.1) is 0 Å². The average Bonchev–Trinajstić information content (AvgIpc) is 2.82. The molecule has 1 aromatic carbocycles. The molecule has 2 N–H and O–H groups in total.